The summed E-state index contributed by atoms with van der Waals surface area (Å²) in [5, 5.41) is 0. The second kappa shape index (κ2) is 3.21. The molecular weight excluding hydrogens is 156 g/mol. The van der Waals surface area contributed by atoms with Crippen molar-refractivity contribution in [2.45, 2.75) is 0 Å². The lowest BCUT2D eigenvalue weighted by molar-refractivity contribution is 0.421. The Hall–Kier alpha value is -1.58. The molecule has 0 saturated carbocycles. The molecule has 1 radical (unpaired) electrons. The van der Waals surface area contributed by atoms with Gasteiger partial charge in [-0.2, -0.15) is 0 Å². The molecule has 0 N–H and O–H groups in total. The SMILES string of the molecule is [C]1=CCN=C(C2=COC=NC2)O1. The van der Waals surface area contributed by atoms with Gasteiger partial charge in [-0.15, -0.1) is 0 Å². The molecule has 0 bridgehead atoms. The van der Waals surface area contributed by atoms with Gasteiger partial charge in [0.15, 0.2) is 12.7 Å². The molecule has 0 aromatic heterocycles. The highest BCUT2D eigenvalue weighted by Gasteiger charge is 2.11. The van der Waals surface area contributed by atoms with Crippen LogP contribution in [-0.2, 0) is 9.47 Å². The molecule has 2 aliphatic heterocycles. The van der Waals surface area contributed by atoms with E-state index in [9.17, 15) is 0 Å². The first-order valence-electron chi connectivity index (χ1n) is 3.58. The quantitative estimate of drug-likeness (QED) is 0.570. The van der Waals surface area contributed by atoms with Crippen molar-refractivity contribution in [3.05, 3.63) is 24.2 Å². The summed E-state index contributed by atoms with van der Waals surface area (Å²) in [7, 11) is 0. The van der Waals surface area contributed by atoms with Crippen molar-refractivity contribution in [1.29, 1.82) is 0 Å². The van der Waals surface area contributed by atoms with Crippen molar-refractivity contribution in [3.63, 3.8) is 0 Å². The highest BCUT2D eigenvalue weighted by atomic mass is 16.5. The van der Waals surface area contributed by atoms with Gasteiger partial charge in [-0.1, -0.05) is 0 Å². The van der Waals surface area contributed by atoms with E-state index in [4.69, 9.17) is 9.47 Å². The predicted molar refractivity (Wildman–Crippen MR) is 43.7 cm³/mol. The van der Waals surface area contributed by atoms with Crippen LogP contribution < -0.4 is 0 Å². The fraction of sp³-hybridized carbons (Fsp3) is 0.250. The van der Waals surface area contributed by atoms with Gasteiger partial charge in [-0.25, -0.2) is 4.99 Å². The van der Waals surface area contributed by atoms with Gasteiger partial charge in [0.05, 0.1) is 18.7 Å². The Balaban J connectivity index is 2.08. The summed E-state index contributed by atoms with van der Waals surface area (Å²) in [5.41, 5.74) is 0.845. The monoisotopic (exact) mass is 163 g/mol. The Labute approximate surface area is 69.9 Å². The van der Waals surface area contributed by atoms with Gasteiger partial charge in [-0.05, 0) is 6.08 Å². The molecule has 4 nitrogen and oxygen atoms in total. The zero-order chi connectivity index (χ0) is 8.23. The molecule has 2 aliphatic rings. The Morgan fingerprint density at radius 1 is 1.50 bits per heavy atom. The molecule has 0 amide bonds. The van der Waals surface area contributed by atoms with E-state index in [1.54, 1.807) is 12.3 Å². The minimum Gasteiger partial charge on any atom is -0.453 e. The summed E-state index contributed by atoms with van der Waals surface area (Å²) >= 11 is 0. The van der Waals surface area contributed by atoms with Crippen LogP contribution in [0.3, 0.4) is 0 Å². The molecule has 0 aromatic carbocycles. The summed E-state index contributed by atoms with van der Waals surface area (Å²) in [5.74, 6) is 0.550. The van der Waals surface area contributed by atoms with E-state index in [2.05, 4.69) is 16.2 Å². The topological polar surface area (TPSA) is 43.2 Å². The average Bonchev–Trinajstić information content (AvgIpc) is 2.21. The van der Waals surface area contributed by atoms with Crippen LogP contribution >= 0.6 is 0 Å². The smallest absolute Gasteiger partial charge is 0.223 e. The maximum atomic E-state index is 5.04. The zero-order valence-electron chi connectivity index (χ0n) is 6.36. The highest BCUT2D eigenvalue weighted by molar-refractivity contribution is 5.94. The highest BCUT2D eigenvalue weighted by Crippen LogP contribution is 2.07. The minimum atomic E-state index is 0.550. The number of hydrogen-bond acceptors (Lipinski definition) is 4. The van der Waals surface area contributed by atoms with Gasteiger partial charge in [0.2, 0.25) is 5.90 Å². The molecule has 0 spiro atoms. The summed E-state index contributed by atoms with van der Waals surface area (Å²) in [6.07, 6.45) is 7.32. The van der Waals surface area contributed by atoms with Crippen LogP contribution in [0.2, 0.25) is 0 Å². The van der Waals surface area contributed by atoms with E-state index in [-0.39, 0.29) is 0 Å². The largest absolute Gasteiger partial charge is 0.453 e. The van der Waals surface area contributed by atoms with E-state index >= 15 is 0 Å². The van der Waals surface area contributed by atoms with Crippen molar-refractivity contribution < 1.29 is 9.47 Å². The lowest BCUT2D eigenvalue weighted by Gasteiger charge is -2.11. The van der Waals surface area contributed by atoms with Crippen LogP contribution in [0.15, 0.2) is 27.9 Å². The minimum absolute atomic E-state index is 0.550. The van der Waals surface area contributed by atoms with Crippen molar-refractivity contribution in [2.24, 2.45) is 9.98 Å². The third kappa shape index (κ3) is 1.37. The van der Waals surface area contributed by atoms with Crippen LogP contribution in [0.5, 0.6) is 0 Å². The third-order valence-corrected chi connectivity index (χ3v) is 1.45. The normalized spacial score (nSPS) is 20.7. The molecule has 0 aromatic rings. The molecule has 0 atom stereocenters. The van der Waals surface area contributed by atoms with Crippen molar-refractivity contribution in [2.75, 3.05) is 13.1 Å². The van der Waals surface area contributed by atoms with E-state index < -0.39 is 0 Å². The molecule has 4 heteroatoms. The Bertz CT molecular complexity index is 259. The number of hydrogen-bond donors (Lipinski definition) is 0. The van der Waals surface area contributed by atoms with E-state index in [1.165, 1.54) is 6.40 Å². The van der Waals surface area contributed by atoms with Crippen molar-refractivity contribution in [3.8, 4) is 0 Å². The standard InChI is InChI=1S/C8H7N2O2/c1-2-10-8(12-3-1)7-4-9-6-11-5-7/h1,5-6H,2,4H2. The lowest BCUT2D eigenvalue weighted by atomic mass is 10.3. The second-order valence-electron chi connectivity index (χ2n) is 2.30. The molecule has 0 aliphatic carbocycles. The van der Waals surface area contributed by atoms with E-state index in [0.29, 0.717) is 19.0 Å². The first kappa shape index (κ1) is 7.09. The predicted octanol–water partition coefficient (Wildman–Crippen LogP) is 0.674. The summed E-state index contributed by atoms with van der Waals surface area (Å²) in [6, 6.07) is 0. The van der Waals surface area contributed by atoms with Crippen molar-refractivity contribution in [1.82, 2.24) is 0 Å². The van der Waals surface area contributed by atoms with Crippen LogP contribution in [0.25, 0.3) is 0 Å². The molecule has 2 rings (SSSR count). The van der Waals surface area contributed by atoms with Crippen LogP contribution in [0.4, 0.5) is 0 Å². The molecular formula is C8H7N2O2. The Kier molecular flexibility index (Phi) is 1.90. The van der Waals surface area contributed by atoms with E-state index in [1.807, 2.05) is 0 Å². The van der Waals surface area contributed by atoms with Gasteiger partial charge in [0.1, 0.15) is 6.26 Å². The van der Waals surface area contributed by atoms with Crippen LogP contribution in [0, 0.1) is 6.26 Å². The zero-order valence-corrected chi connectivity index (χ0v) is 6.36. The molecule has 2 heterocycles. The van der Waals surface area contributed by atoms with Gasteiger partial charge < -0.3 is 9.47 Å². The average molecular weight is 163 g/mol. The number of nitrogens with zero attached hydrogens (tertiary/aromatic N) is 2. The Morgan fingerprint density at radius 3 is 3.17 bits per heavy atom. The number of aliphatic imine (C=N–C) groups is 2. The fourth-order valence-electron chi connectivity index (χ4n) is 0.909. The summed E-state index contributed by atoms with van der Waals surface area (Å²) < 4.78 is 9.92. The Morgan fingerprint density at radius 2 is 2.50 bits per heavy atom. The molecule has 0 fully saturated rings. The summed E-state index contributed by atoms with van der Waals surface area (Å²) in [6.45, 7) is 1.16. The fourth-order valence-corrected chi connectivity index (χ4v) is 0.909. The second-order valence-corrected chi connectivity index (χ2v) is 2.30. The number of ether oxygens (including phenoxy) is 2. The first-order chi connectivity index (χ1) is 5.97. The van der Waals surface area contributed by atoms with Gasteiger partial charge >= 0.3 is 0 Å². The van der Waals surface area contributed by atoms with Crippen LogP contribution in [-0.4, -0.2) is 25.4 Å². The number of rotatable bonds is 1. The van der Waals surface area contributed by atoms with Gasteiger partial charge in [0, 0.05) is 0 Å². The maximum absolute atomic E-state index is 5.04. The van der Waals surface area contributed by atoms with Gasteiger partial charge in [0.25, 0.3) is 0 Å². The third-order valence-electron chi connectivity index (χ3n) is 1.45. The van der Waals surface area contributed by atoms with Crippen LogP contribution in [0.1, 0.15) is 0 Å². The maximum Gasteiger partial charge on any atom is 0.223 e. The lowest BCUT2D eigenvalue weighted by Crippen LogP contribution is -2.13. The first-order valence-corrected chi connectivity index (χ1v) is 3.58. The van der Waals surface area contributed by atoms with Gasteiger partial charge in [-0.3, -0.25) is 4.99 Å². The molecule has 0 saturated heterocycles. The summed E-state index contributed by atoms with van der Waals surface area (Å²) in [4.78, 5) is 8.03. The molecule has 61 valence electrons. The van der Waals surface area contributed by atoms with E-state index in [0.717, 1.165) is 5.57 Å². The molecule has 12 heavy (non-hydrogen) atoms. The van der Waals surface area contributed by atoms with Crippen molar-refractivity contribution >= 4 is 12.3 Å². The molecule has 0 unspecified atom stereocenters.